The van der Waals surface area contributed by atoms with Gasteiger partial charge in [0.05, 0.1) is 13.2 Å². The van der Waals surface area contributed by atoms with Gasteiger partial charge in [-0.15, -0.1) is 0 Å². The molecule has 0 radical (unpaired) electrons. The predicted octanol–water partition coefficient (Wildman–Crippen LogP) is 1.40. The average molecular weight is 241 g/mol. The smallest absolute Gasteiger partial charge is 0.325 e. The van der Waals surface area contributed by atoms with Gasteiger partial charge in [-0.2, -0.15) is 0 Å². The van der Waals surface area contributed by atoms with E-state index in [2.05, 4.69) is 24.1 Å². The van der Waals surface area contributed by atoms with E-state index in [0.29, 0.717) is 6.67 Å². The molecular weight excluding hydrogens is 218 g/mol. The molecule has 5 heteroatoms. The summed E-state index contributed by atoms with van der Waals surface area (Å²) in [5.41, 5.74) is 0. The Morgan fingerprint density at radius 3 is 2.18 bits per heavy atom. The molecule has 0 aromatic carbocycles. The molecule has 0 unspecified atom stereocenters. The summed E-state index contributed by atoms with van der Waals surface area (Å²) in [5, 5.41) is 2.55. The highest BCUT2D eigenvalue weighted by Crippen LogP contribution is 2.05. The molecule has 98 valence electrons. The van der Waals surface area contributed by atoms with Gasteiger partial charge in [-0.25, -0.2) is 9.69 Å². The molecule has 1 heterocycles. The van der Waals surface area contributed by atoms with E-state index < -0.39 is 0 Å². The minimum Gasteiger partial charge on any atom is -0.328 e. The quantitative estimate of drug-likeness (QED) is 0.653. The first kappa shape index (κ1) is 14.0. The molecule has 0 atom stereocenters. The molecule has 1 saturated heterocycles. The number of imide groups is 1. The van der Waals surface area contributed by atoms with Crippen LogP contribution in [0.25, 0.3) is 0 Å². The average Bonchev–Trinajstić information content (AvgIpc) is 2.63. The first-order chi connectivity index (χ1) is 8.19. The topological polar surface area (TPSA) is 52.6 Å². The number of hydrogen-bond donors (Lipinski definition) is 1. The van der Waals surface area contributed by atoms with Crippen molar-refractivity contribution in [3.05, 3.63) is 0 Å². The van der Waals surface area contributed by atoms with Gasteiger partial charge >= 0.3 is 6.03 Å². The summed E-state index contributed by atoms with van der Waals surface area (Å²) >= 11 is 0. The number of urea groups is 1. The lowest BCUT2D eigenvalue weighted by Crippen LogP contribution is -2.42. The molecule has 0 aliphatic carbocycles. The highest BCUT2D eigenvalue weighted by atomic mass is 16.2. The van der Waals surface area contributed by atoms with Crippen LogP contribution in [0.4, 0.5) is 4.79 Å². The van der Waals surface area contributed by atoms with Crippen LogP contribution >= 0.6 is 0 Å². The fraction of sp³-hybridized carbons (Fsp3) is 0.833. The van der Waals surface area contributed by atoms with E-state index in [4.69, 9.17) is 0 Å². The van der Waals surface area contributed by atoms with Crippen LogP contribution in [-0.4, -0.2) is 48.0 Å². The first-order valence-electron chi connectivity index (χ1n) is 6.49. The van der Waals surface area contributed by atoms with Gasteiger partial charge in [0.15, 0.2) is 0 Å². The second kappa shape index (κ2) is 7.27. The number of carbonyl (C=O) groups is 2. The normalized spacial score (nSPS) is 15.8. The minimum absolute atomic E-state index is 0.118. The largest absolute Gasteiger partial charge is 0.328 e. The molecule has 0 bridgehead atoms. The lowest BCUT2D eigenvalue weighted by Gasteiger charge is -2.25. The van der Waals surface area contributed by atoms with Gasteiger partial charge in [-0.3, -0.25) is 9.69 Å². The van der Waals surface area contributed by atoms with Gasteiger partial charge < -0.3 is 5.32 Å². The van der Waals surface area contributed by atoms with E-state index in [0.717, 1.165) is 38.8 Å². The highest BCUT2D eigenvalue weighted by molar-refractivity contribution is 6.01. The van der Waals surface area contributed by atoms with Crippen LogP contribution in [0.2, 0.25) is 0 Å². The number of amides is 3. The zero-order chi connectivity index (χ0) is 12.7. The van der Waals surface area contributed by atoms with Crippen LogP contribution in [0.1, 0.15) is 39.5 Å². The Hall–Kier alpha value is -1.10. The summed E-state index contributed by atoms with van der Waals surface area (Å²) in [6.45, 7) is 6.78. The number of unbranched alkanes of at least 4 members (excludes halogenated alkanes) is 2. The number of nitrogens with one attached hydrogen (secondary N) is 1. The van der Waals surface area contributed by atoms with Gasteiger partial charge in [0.2, 0.25) is 0 Å². The Morgan fingerprint density at radius 2 is 1.76 bits per heavy atom. The Balaban J connectivity index is 2.45. The molecule has 0 aromatic heterocycles. The third-order valence-corrected chi connectivity index (χ3v) is 2.93. The molecule has 1 rings (SSSR count). The van der Waals surface area contributed by atoms with Gasteiger partial charge in [0.1, 0.15) is 0 Å². The lowest BCUT2D eigenvalue weighted by molar-refractivity contribution is -0.126. The van der Waals surface area contributed by atoms with Crippen molar-refractivity contribution in [2.24, 2.45) is 0 Å². The number of rotatable bonds is 8. The second-order valence-electron chi connectivity index (χ2n) is 4.45. The van der Waals surface area contributed by atoms with Crippen molar-refractivity contribution in [3.8, 4) is 0 Å². The van der Waals surface area contributed by atoms with Crippen molar-refractivity contribution >= 4 is 11.9 Å². The van der Waals surface area contributed by atoms with Crippen LogP contribution in [0, 0.1) is 0 Å². The Kier molecular flexibility index (Phi) is 5.97. The lowest BCUT2D eigenvalue weighted by atomic mass is 10.3. The molecule has 0 saturated carbocycles. The van der Waals surface area contributed by atoms with Crippen LogP contribution in [-0.2, 0) is 4.79 Å². The monoisotopic (exact) mass is 241 g/mol. The molecule has 5 nitrogen and oxygen atoms in total. The number of carbonyl (C=O) groups excluding carboxylic acids is 2. The van der Waals surface area contributed by atoms with Crippen molar-refractivity contribution in [2.75, 3.05) is 26.3 Å². The molecule has 1 N–H and O–H groups in total. The maximum atomic E-state index is 11.5. The second-order valence-corrected chi connectivity index (χ2v) is 4.45. The predicted molar refractivity (Wildman–Crippen MR) is 66.5 cm³/mol. The molecule has 0 spiro atoms. The summed E-state index contributed by atoms with van der Waals surface area (Å²) < 4.78 is 0. The van der Waals surface area contributed by atoms with Gasteiger partial charge in [-0.1, -0.05) is 26.7 Å². The van der Waals surface area contributed by atoms with Gasteiger partial charge in [-0.05, 0) is 25.9 Å². The summed E-state index contributed by atoms with van der Waals surface area (Å²) in [4.78, 5) is 26.4. The molecule has 1 aliphatic heterocycles. The summed E-state index contributed by atoms with van der Waals surface area (Å²) in [5.74, 6) is -0.118. The first-order valence-corrected chi connectivity index (χ1v) is 6.49. The molecule has 3 amide bonds. The van der Waals surface area contributed by atoms with Crippen molar-refractivity contribution < 1.29 is 9.59 Å². The van der Waals surface area contributed by atoms with Crippen molar-refractivity contribution in [1.82, 2.24) is 15.1 Å². The summed E-state index contributed by atoms with van der Waals surface area (Å²) in [7, 11) is 0. The zero-order valence-electron chi connectivity index (χ0n) is 10.9. The molecule has 1 aliphatic rings. The van der Waals surface area contributed by atoms with Gasteiger partial charge in [0, 0.05) is 0 Å². The maximum absolute atomic E-state index is 11.5. The number of nitrogens with zero attached hydrogens (tertiary/aromatic N) is 2. The van der Waals surface area contributed by atoms with E-state index >= 15 is 0 Å². The van der Waals surface area contributed by atoms with E-state index in [-0.39, 0.29) is 18.5 Å². The van der Waals surface area contributed by atoms with Crippen LogP contribution in [0.15, 0.2) is 0 Å². The van der Waals surface area contributed by atoms with Crippen LogP contribution in [0.5, 0.6) is 0 Å². The van der Waals surface area contributed by atoms with Gasteiger partial charge in [0.25, 0.3) is 5.91 Å². The Labute approximate surface area is 103 Å². The standard InChI is InChI=1S/C12H23N3O2/c1-3-5-7-14(8-6-4-2)10-15-11(16)9-13-12(15)17/h3-10H2,1-2H3,(H,13,17). The fourth-order valence-corrected chi connectivity index (χ4v) is 1.82. The summed E-state index contributed by atoms with van der Waals surface area (Å²) in [6, 6.07) is -0.256. The Bertz CT molecular complexity index is 244. The van der Waals surface area contributed by atoms with E-state index in [9.17, 15) is 9.59 Å². The number of hydrogen-bond acceptors (Lipinski definition) is 3. The molecular formula is C12H23N3O2. The van der Waals surface area contributed by atoms with E-state index in [1.54, 1.807) is 0 Å². The summed E-state index contributed by atoms with van der Waals surface area (Å²) in [6.07, 6.45) is 4.46. The zero-order valence-corrected chi connectivity index (χ0v) is 10.9. The van der Waals surface area contributed by atoms with Crippen molar-refractivity contribution in [1.29, 1.82) is 0 Å². The third kappa shape index (κ3) is 4.34. The maximum Gasteiger partial charge on any atom is 0.325 e. The Morgan fingerprint density at radius 1 is 1.18 bits per heavy atom. The molecule has 17 heavy (non-hydrogen) atoms. The van der Waals surface area contributed by atoms with E-state index in [1.165, 1.54) is 4.90 Å². The fourth-order valence-electron chi connectivity index (χ4n) is 1.82. The molecule has 0 aromatic rings. The highest BCUT2D eigenvalue weighted by Gasteiger charge is 2.29. The van der Waals surface area contributed by atoms with Crippen molar-refractivity contribution in [2.45, 2.75) is 39.5 Å². The molecule has 1 fully saturated rings. The van der Waals surface area contributed by atoms with Crippen molar-refractivity contribution in [3.63, 3.8) is 0 Å². The third-order valence-electron chi connectivity index (χ3n) is 2.93. The van der Waals surface area contributed by atoms with E-state index in [1.807, 2.05) is 0 Å². The van der Waals surface area contributed by atoms with Crippen LogP contribution < -0.4 is 5.32 Å². The minimum atomic E-state index is -0.256. The SMILES string of the molecule is CCCCN(CCCC)CN1C(=O)CNC1=O. The van der Waals surface area contributed by atoms with Crippen LogP contribution in [0.3, 0.4) is 0 Å².